The fourth-order valence-corrected chi connectivity index (χ4v) is 1.43. The quantitative estimate of drug-likeness (QED) is 0.497. The minimum Gasteiger partial charge on any atom is -0.331 e. The van der Waals surface area contributed by atoms with Crippen LogP contribution in [0.15, 0.2) is 0 Å². The fourth-order valence-electron chi connectivity index (χ4n) is 1.43. The Morgan fingerprint density at radius 3 is 2.36 bits per heavy atom. The number of carbonyl (C=O) groups excluding carboxylic acids is 2. The molecule has 0 spiro atoms. The van der Waals surface area contributed by atoms with Crippen LogP contribution in [-0.4, -0.2) is 23.3 Å². The second kappa shape index (κ2) is 3.71. The molecule has 0 aromatic rings. The Balaban J connectivity index is 2.53. The van der Waals surface area contributed by atoms with Crippen LogP contribution >= 0.6 is 0 Å². The third-order valence-electron chi connectivity index (χ3n) is 2.42. The normalized spacial score (nSPS) is 23.4. The Kier molecular flexibility index (Phi) is 2.98. The first-order valence-electron chi connectivity index (χ1n) is 4.98. The van der Waals surface area contributed by atoms with E-state index in [1.807, 2.05) is 0 Å². The van der Waals surface area contributed by atoms with E-state index < -0.39 is 0 Å². The molecule has 0 N–H and O–H groups in total. The zero-order valence-electron chi connectivity index (χ0n) is 9.17. The van der Waals surface area contributed by atoms with Crippen LogP contribution in [0.5, 0.6) is 0 Å². The van der Waals surface area contributed by atoms with Crippen molar-refractivity contribution in [1.29, 1.82) is 0 Å². The summed E-state index contributed by atoms with van der Waals surface area (Å²) in [4.78, 5) is 24.2. The lowest BCUT2D eigenvalue weighted by atomic mass is 9.92. The summed E-state index contributed by atoms with van der Waals surface area (Å²) in [5, 5.41) is 0. The lowest BCUT2D eigenvalue weighted by Crippen LogP contribution is -2.33. The van der Waals surface area contributed by atoms with Crippen molar-refractivity contribution < 1.29 is 9.59 Å². The molecular weight excluding hydrogens is 178 g/mol. The molecule has 1 aliphatic heterocycles. The molecule has 1 heterocycles. The smallest absolute Gasteiger partial charge is 0.227 e. The number of imide groups is 1. The zero-order chi connectivity index (χ0) is 10.9. The monoisotopic (exact) mass is 196 g/mol. The molecule has 1 fully saturated rings. The third-order valence-corrected chi connectivity index (χ3v) is 2.42. The molecule has 1 rings (SSSR count). The molecule has 1 unspecified atom stereocenters. The summed E-state index contributed by atoms with van der Waals surface area (Å²) < 4.78 is 0. The van der Waals surface area contributed by atoms with Crippen molar-refractivity contribution in [3.8, 4) is 0 Å². The van der Waals surface area contributed by atoms with E-state index in [1.54, 1.807) is 0 Å². The Labute approximate surface area is 85.5 Å². The van der Waals surface area contributed by atoms with E-state index >= 15 is 0 Å². The third kappa shape index (κ3) is 2.56. The SMILES string of the molecule is [CH2-]C1CC(=O)N(CCC(C)(C)C)C1=O. The minimum atomic E-state index is -0.359. The van der Waals surface area contributed by atoms with Crippen LogP contribution in [0, 0.1) is 18.3 Å². The second-order valence-electron chi connectivity index (χ2n) is 5.10. The number of hydrogen-bond donors (Lipinski definition) is 0. The van der Waals surface area contributed by atoms with Crippen LogP contribution in [0.2, 0.25) is 0 Å². The Hall–Kier alpha value is -0.860. The van der Waals surface area contributed by atoms with Crippen LogP contribution in [0.25, 0.3) is 0 Å². The average molecular weight is 196 g/mol. The summed E-state index contributed by atoms with van der Waals surface area (Å²) in [6.07, 6.45) is 1.13. The molecule has 0 bridgehead atoms. The standard InChI is InChI=1S/C11H18NO2/c1-8-7-9(13)12(10(8)14)6-5-11(2,3)4/h8H,1,5-7H2,2-4H3/q-1. The Morgan fingerprint density at radius 1 is 1.43 bits per heavy atom. The molecule has 1 aliphatic rings. The molecule has 0 aliphatic carbocycles. The first-order chi connectivity index (χ1) is 6.31. The van der Waals surface area contributed by atoms with Crippen molar-refractivity contribution in [2.24, 2.45) is 11.3 Å². The van der Waals surface area contributed by atoms with Gasteiger partial charge in [-0.3, -0.25) is 14.5 Å². The zero-order valence-corrected chi connectivity index (χ0v) is 9.17. The molecule has 0 radical (unpaired) electrons. The average Bonchev–Trinajstić information content (AvgIpc) is 2.23. The first-order valence-corrected chi connectivity index (χ1v) is 4.98. The van der Waals surface area contributed by atoms with Gasteiger partial charge in [-0.1, -0.05) is 26.7 Å². The van der Waals surface area contributed by atoms with Crippen molar-refractivity contribution >= 4 is 11.8 Å². The van der Waals surface area contributed by atoms with Crippen molar-refractivity contribution in [2.75, 3.05) is 6.54 Å². The van der Waals surface area contributed by atoms with Crippen molar-refractivity contribution in [1.82, 2.24) is 4.90 Å². The van der Waals surface area contributed by atoms with Gasteiger partial charge in [0.05, 0.1) is 0 Å². The summed E-state index contributed by atoms with van der Waals surface area (Å²) in [5.74, 6) is -0.541. The molecule has 3 nitrogen and oxygen atoms in total. The van der Waals surface area contributed by atoms with Crippen LogP contribution in [-0.2, 0) is 9.59 Å². The molecule has 1 saturated heterocycles. The Morgan fingerprint density at radius 2 is 2.00 bits per heavy atom. The number of likely N-dealkylation sites (tertiary alicyclic amines) is 1. The summed E-state index contributed by atoms with van der Waals surface area (Å²) in [6, 6.07) is 0. The maximum absolute atomic E-state index is 11.5. The van der Waals surface area contributed by atoms with Gasteiger partial charge < -0.3 is 6.92 Å². The van der Waals surface area contributed by atoms with Crippen molar-refractivity contribution in [3.05, 3.63) is 6.92 Å². The van der Waals surface area contributed by atoms with Gasteiger partial charge in [-0.2, -0.15) is 0 Å². The van der Waals surface area contributed by atoms with E-state index in [0.29, 0.717) is 6.54 Å². The van der Waals surface area contributed by atoms with Crippen LogP contribution in [0.1, 0.15) is 33.6 Å². The van der Waals surface area contributed by atoms with E-state index in [-0.39, 0.29) is 29.6 Å². The molecule has 0 saturated carbocycles. The molecule has 0 aromatic heterocycles. The highest BCUT2D eigenvalue weighted by Crippen LogP contribution is 2.23. The van der Waals surface area contributed by atoms with Gasteiger partial charge in [0.2, 0.25) is 11.8 Å². The maximum atomic E-state index is 11.5. The summed E-state index contributed by atoms with van der Waals surface area (Å²) in [6.45, 7) is 10.5. The van der Waals surface area contributed by atoms with Gasteiger partial charge in [0.1, 0.15) is 0 Å². The van der Waals surface area contributed by atoms with E-state index in [1.165, 1.54) is 4.90 Å². The number of rotatable bonds is 2. The largest absolute Gasteiger partial charge is 0.331 e. The molecule has 14 heavy (non-hydrogen) atoms. The van der Waals surface area contributed by atoms with Gasteiger partial charge in [0.15, 0.2) is 0 Å². The van der Waals surface area contributed by atoms with Gasteiger partial charge >= 0.3 is 0 Å². The molecule has 0 aromatic carbocycles. The second-order valence-corrected chi connectivity index (χ2v) is 5.10. The number of amides is 2. The van der Waals surface area contributed by atoms with Gasteiger partial charge in [0.25, 0.3) is 0 Å². The number of carbonyl (C=O) groups is 2. The van der Waals surface area contributed by atoms with Crippen LogP contribution in [0.4, 0.5) is 0 Å². The summed E-state index contributed by atoms with van der Waals surface area (Å²) in [7, 11) is 0. The minimum absolute atomic E-state index is 0.0701. The molecular formula is C11H18NO2-. The van der Waals surface area contributed by atoms with E-state index in [2.05, 4.69) is 27.7 Å². The van der Waals surface area contributed by atoms with Crippen LogP contribution in [0.3, 0.4) is 0 Å². The lowest BCUT2D eigenvalue weighted by Gasteiger charge is -2.22. The van der Waals surface area contributed by atoms with E-state index in [4.69, 9.17) is 0 Å². The van der Waals surface area contributed by atoms with Gasteiger partial charge in [-0.25, -0.2) is 0 Å². The van der Waals surface area contributed by atoms with E-state index in [9.17, 15) is 9.59 Å². The van der Waals surface area contributed by atoms with E-state index in [0.717, 1.165) is 6.42 Å². The first kappa shape index (κ1) is 11.2. The number of hydrogen-bond acceptors (Lipinski definition) is 2. The van der Waals surface area contributed by atoms with Crippen molar-refractivity contribution in [2.45, 2.75) is 33.6 Å². The highest BCUT2D eigenvalue weighted by molar-refractivity contribution is 6.03. The fraction of sp³-hybridized carbons (Fsp3) is 0.727. The summed E-state index contributed by atoms with van der Waals surface area (Å²) in [5.41, 5.74) is 0.153. The van der Waals surface area contributed by atoms with Gasteiger partial charge in [0, 0.05) is 13.0 Å². The predicted octanol–water partition coefficient (Wildman–Crippen LogP) is 1.63. The molecule has 80 valence electrons. The van der Waals surface area contributed by atoms with Gasteiger partial charge in [-0.15, -0.1) is 0 Å². The van der Waals surface area contributed by atoms with Gasteiger partial charge in [-0.05, 0) is 11.8 Å². The predicted molar refractivity (Wildman–Crippen MR) is 54.3 cm³/mol. The Bertz CT molecular complexity index is 253. The maximum Gasteiger partial charge on any atom is 0.227 e. The number of nitrogens with zero attached hydrogens (tertiary/aromatic N) is 1. The highest BCUT2D eigenvalue weighted by atomic mass is 16.2. The lowest BCUT2D eigenvalue weighted by molar-refractivity contribution is -0.139. The molecule has 2 amide bonds. The molecule has 3 heteroatoms. The van der Waals surface area contributed by atoms with Crippen molar-refractivity contribution in [3.63, 3.8) is 0 Å². The van der Waals surface area contributed by atoms with Crippen LogP contribution < -0.4 is 0 Å². The molecule has 1 atom stereocenters. The highest BCUT2D eigenvalue weighted by Gasteiger charge is 2.31. The topological polar surface area (TPSA) is 37.4 Å². The summed E-state index contributed by atoms with van der Waals surface area (Å²) >= 11 is 0.